The summed E-state index contributed by atoms with van der Waals surface area (Å²) in [6.07, 6.45) is 0. The van der Waals surface area contributed by atoms with Crippen LogP contribution in [0.1, 0.15) is 19.4 Å². The van der Waals surface area contributed by atoms with Gasteiger partial charge in [0.15, 0.2) is 0 Å². The number of ether oxygens (including phenoxy) is 1. The quantitative estimate of drug-likeness (QED) is 0.673. The summed E-state index contributed by atoms with van der Waals surface area (Å²) in [4.78, 5) is 0. The number of hydrogen-bond donors (Lipinski definition) is 1. The molecule has 112 valence electrons. The molecule has 0 fully saturated rings. The summed E-state index contributed by atoms with van der Waals surface area (Å²) in [6, 6.07) is 11.6. The molecule has 0 unspecified atom stereocenters. The van der Waals surface area contributed by atoms with E-state index in [0.29, 0.717) is 27.6 Å². The molecule has 0 amide bonds. The highest BCUT2D eigenvalue weighted by atomic mass is 79.9. The van der Waals surface area contributed by atoms with Crippen LogP contribution in [-0.2, 0) is 6.54 Å². The van der Waals surface area contributed by atoms with Crippen molar-refractivity contribution >= 4 is 39.1 Å². The van der Waals surface area contributed by atoms with Crippen LogP contribution in [0.15, 0.2) is 40.9 Å². The Morgan fingerprint density at radius 2 is 1.86 bits per heavy atom. The van der Waals surface area contributed by atoms with Crippen LogP contribution in [0.3, 0.4) is 0 Å². The van der Waals surface area contributed by atoms with Gasteiger partial charge in [-0.3, -0.25) is 0 Å². The van der Waals surface area contributed by atoms with Crippen molar-refractivity contribution in [3.63, 3.8) is 0 Å². The van der Waals surface area contributed by atoms with Crippen molar-refractivity contribution in [2.45, 2.75) is 26.4 Å². The Labute approximate surface area is 143 Å². The van der Waals surface area contributed by atoms with Gasteiger partial charge in [-0.25, -0.2) is 0 Å². The first-order chi connectivity index (χ1) is 9.95. The molecule has 0 heterocycles. The minimum atomic E-state index is 0.449. The van der Waals surface area contributed by atoms with Gasteiger partial charge in [-0.05, 0) is 45.8 Å². The summed E-state index contributed by atoms with van der Waals surface area (Å²) < 4.78 is 6.69. The zero-order valence-corrected chi connectivity index (χ0v) is 14.9. The van der Waals surface area contributed by atoms with Gasteiger partial charge in [0.2, 0.25) is 0 Å². The monoisotopic (exact) mass is 387 g/mol. The molecule has 0 radical (unpaired) electrons. The second kappa shape index (κ2) is 7.50. The first-order valence-electron chi connectivity index (χ1n) is 6.60. The van der Waals surface area contributed by atoms with Gasteiger partial charge in [-0.15, -0.1) is 0 Å². The summed E-state index contributed by atoms with van der Waals surface area (Å²) >= 11 is 15.6. The van der Waals surface area contributed by atoms with Crippen molar-refractivity contribution in [1.29, 1.82) is 0 Å². The Kier molecular flexibility index (Phi) is 5.94. The molecular formula is C16H16BrCl2NO. The van der Waals surface area contributed by atoms with E-state index >= 15 is 0 Å². The molecule has 2 aromatic carbocycles. The molecule has 0 aliphatic heterocycles. The Morgan fingerprint density at radius 1 is 1.10 bits per heavy atom. The maximum atomic E-state index is 6.11. The molecule has 2 rings (SSSR count). The third-order valence-corrected chi connectivity index (χ3v) is 3.99. The van der Waals surface area contributed by atoms with Crippen molar-refractivity contribution in [3.05, 3.63) is 56.5 Å². The number of benzene rings is 2. The van der Waals surface area contributed by atoms with Crippen molar-refractivity contribution in [2.75, 3.05) is 0 Å². The lowest BCUT2D eigenvalue weighted by Gasteiger charge is -2.12. The van der Waals surface area contributed by atoms with Crippen LogP contribution in [0.4, 0.5) is 0 Å². The summed E-state index contributed by atoms with van der Waals surface area (Å²) in [7, 11) is 0. The zero-order valence-electron chi connectivity index (χ0n) is 11.8. The van der Waals surface area contributed by atoms with Gasteiger partial charge in [-0.1, -0.05) is 43.1 Å². The average molecular weight is 389 g/mol. The maximum absolute atomic E-state index is 6.11. The van der Waals surface area contributed by atoms with Crippen LogP contribution in [0, 0.1) is 0 Å². The summed E-state index contributed by atoms with van der Waals surface area (Å²) in [5, 5.41) is 4.49. The molecule has 0 bridgehead atoms. The molecule has 2 aromatic rings. The lowest BCUT2D eigenvalue weighted by Crippen LogP contribution is -2.21. The topological polar surface area (TPSA) is 21.3 Å². The largest absolute Gasteiger partial charge is 0.455 e. The van der Waals surface area contributed by atoms with E-state index in [2.05, 4.69) is 35.1 Å². The summed E-state index contributed by atoms with van der Waals surface area (Å²) in [5.41, 5.74) is 1.18. The number of hydrogen-bond acceptors (Lipinski definition) is 2. The van der Waals surface area contributed by atoms with E-state index < -0.39 is 0 Å². The van der Waals surface area contributed by atoms with Gasteiger partial charge in [0.25, 0.3) is 0 Å². The lowest BCUT2D eigenvalue weighted by atomic mass is 10.2. The van der Waals surface area contributed by atoms with Crippen LogP contribution in [0.5, 0.6) is 11.5 Å². The highest BCUT2D eigenvalue weighted by Gasteiger charge is 2.08. The molecule has 0 aliphatic rings. The number of rotatable bonds is 5. The molecule has 1 N–H and O–H groups in total. The third kappa shape index (κ3) is 4.89. The molecule has 0 aliphatic carbocycles. The van der Waals surface area contributed by atoms with Crippen LogP contribution in [-0.4, -0.2) is 6.04 Å². The predicted octanol–water partition coefficient (Wildman–Crippen LogP) is 6.05. The fourth-order valence-electron chi connectivity index (χ4n) is 1.73. The molecule has 0 aromatic heterocycles. The van der Waals surface area contributed by atoms with Gasteiger partial charge in [0, 0.05) is 23.7 Å². The van der Waals surface area contributed by atoms with Crippen LogP contribution >= 0.6 is 39.1 Å². The number of halogens is 3. The van der Waals surface area contributed by atoms with Gasteiger partial charge < -0.3 is 10.1 Å². The number of nitrogens with one attached hydrogen (secondary N) is 1. The van der Waals surface area contributed by atoms with Crippen LogP contribution < -0.4 is 10.1 Å². The zero-order chi connectivity index (χ0) is 15.4. The normalized spacial score (nSPS) is 11.0. The van der Waals surface area contributed by atoms with E-state index in [4.69, 9.17) is 27.9 Å². The second-order valence-electron chi connectivity index (χ2n) is 4.98. The molecule has 0 saturated heterocycles. The fraction of sp³-hybridized carbons (Fsp3) is 0.250. The Hall–Kier alpha value is -0.740. The van der Waals surface area contributed by atoms with E-state index in [1.807, 2.05) is 18.2 Å². The Morgan fingerprint density at radius 3 is 2.52 bits per heavy atom. The van der Waals surface area contributed by atoms with Crippen molar-refractivity contribution in [3.8, 4) is 11.5 Å². The Balaban J connectivity index is 2.15. The molecule has 0 atom stereocenters. The molecular weight excluding hydrogens is 373 g/mol. The molecule has 5 heteroatoms. The SMILES string of the molecule is CC(C)NCc1ccc(Oc2cc(Cl)ccc2Cl)c(Br)c1. The van der Waals surface area contributed by atoms with Crippen molar-refractivity contribution in [1.82, 2.24) is 5.32 Å². The van der Waals surface area contributed by atoms with E-state index in [1.165, 1.54) is 5.56 Å². The molecule has 0 spiro atoms. The van der Waals surface area contributed by atoms with Crippen molar-refractivity contribution < 1.29 is 4.74 Å². The average Bonchev–Trinajstić information content (AvgIpc) is 2.43. The molecule has 0 saturated carbocycles. The highest BCUT2D eigenvalue weighted by Crippen LogP contribution is 2.35. The first kappa shape index (κ1) is 16.6. The predicted molar refractivity (Wildman–Crippen MR) is 92.7 cm³/mol. The summed E-state index contributed by atoms with van der Waals surface area (Å²) in [5.74, 6) is 1.24. The first-order valence-corrected chi connectivity index (χ1v) is 8.15. The smallest absolute Gasteiger partial charge is 0.147 e. The van der Waals surface area contributed by atoms with Gasteiger partial charge >= 0.3 is 0 Å². The third-order valence-electron chi connectivity index (χ3n) is 2.82. The lowest BCUT2D eigenvalue weighted by molar-refractivity contribution is 0.479. The second-order valence-corrected chi connectivity index (χ2v) is 6.68. The van der Waals surface area contributed by atoms with E-state index in [0.717, 1.165) is 11.0 Å². The van der Waals surface area contributed by atoms with Gasteiger partial charge in [0.1, 0.15) is 11.5 Å². The minimum Gasteiger partial charge on any atom is -0.455 e. The highest BCUT2D eigenvalue weighted by molar-refractivity contribution is 9.10. The van der Waals surface area contributed by atoms with Gasteiger partial charge in [-0.2, -0.15) is 0 Å². The van der Waals surface area contributed by atoms with Crippen molar-refractivity contribution in [2.24, 2.45) is 0 Å². The molecule has 2 nitrogen and oxygen atoms in total. The molecule has 21 heavy (non-hydrogen) atoms. The standard InChI is InChI=1S/C16H16BrCl2NO/c1-10(2)20-9-11-3-6-15(13(17)7-11)21-16-8-12(18)4-5-14(16)19/h3-8,10,20H,9H2,1-2H3. The summed E-state index contributed by atoms with van der Waals surface area (Å²) in [6.45, 7) is 5.05. The van der Waals surface area contributed by atoms with Gasteiger partial charge in [0.05, 0.1) is 9.50 Å². The van der Waals surface area contributed by atoms with E-state index in [1.54, 1.807) is 18.2 Å². The minimum absolute atomic E-state index is 0.449. The Bertz CT molecular complexity index is 632. The van der Waals surface area contributed by atoms with Crippen LogP contribution in [0.2, 0.25) is 10.0 Å². The fourth-order valence-corrected chi connectivity index (χ4v) is 2.56. The van der Waals surface area contributed by atoms with Crippen LogP contribution in [0.25, 0.3) is 0 Å². The van der Waals surface area contributed by atoms with E-state index in [-0.39, 0.29) is 0 Å². The maximum Gasteiger partial charge on any atom is 0.147 e. The van der Waals surface area contributed by atoms with E-state index in [9.17, 15) is 0 Å².